The molecule has 0 unspecified atom stereocenters. The van der Waals surface area contributed by atoms with Crippen LogP contribution in [0.3, 0.4) is 0 Å². The first-order chi connectivity index (χ1) is 28.3. The molecule has 0 radical (unpaired) electrons. The average molecular weight is 841 g/mol. The Labute approximate surface area is 358 Å². The molecular formula is C47H72N2O11. The Hall–Kier alpha value is -3.36. The third-order valence-corrected chi connectivity index (χ3v) is 13.4. The molecule has 13 nitrogen and oxygen atoms in total. The summed E-state index contributed by atoms with van der Waals surface area (Å²) >= 11 is 0. The van der Waals surface area contributed by atoms with Crippen molar-refractivity contribution in [3.8, 4) is 0 Å². The summed E-state index contributed by atoms with van der Waals surface area (Å²) in [6, 6.07) is 9.38. The largest absolute Gasteiger partial charge is 0.458 e. The summed E-state index contributed by atoms with van der Waals surface area (Å²) in [5.41, 5.74) is -0.571. The van der Waals surface area contributed by atoms with E-state index in [9.17, 15) is 19.2 Å². The molecule has 0 aliphatic carbocycles. The zero-order valence-corrected chi connectivity index (χ0v) is 38.0. The zero-order valence-electron chi connectivity index (χ0n) is 38.0. The van der Waals surface area contributed by atoms with Gasteiger partial charge in [0.2, 0.25) is 0 Å². The van der Waals surface area contributed by atoms with Gasteiger partial charge in [-0.2, -0.15) is 0 Å². The quantitative estimate of drug-likeness (QED) is 0.0989. The van der Waals surface area contributed by atoms with E-state index in [4.69, 9.17) is 33.2 Å². The van der Waals surface area contributed by atoms with Crippen molar-refractivity contribution in [2.45, 2.75) is 167 Å². The van der Waals surface area contributed by atoms with Crippen LogP contribution < -0.4 is 0 Å². The number of esters is 2. The van der Waals surface area contributed by atoms with Crippen LogP contribution in [-0.4, -0.2) is 128 Å². The van der Waals surface area contributed by atoms with Crippen LogP contribution in [0.5, 0.6) is 0 Å². The van der Waals surface area contributed by atoms with Crippen molar-refractivity contribution in [2.75, 3.05) is 33.9 Å². The van der Waals surface area contributed by atoms with Gasteiger partial charge in [-0.05, 0) is 91.5 Å². The van der Waals surface area contributed by atoms with E-state index in [1.165, 1.54) is 12.5 Å². The predicted molar refractivity (Wildman–Crippen MR) is 226 cm³/mol. The van der Waals surface area contributed by atoms with Crippen LogP contribution in [0.4, 0.5) is 4.79 Å². The number of ether oxygens (including phenoxy) is 7. The number of ketones is 1. The molecule has 13 heteroatoms. The third kappa shape index (κ3) is 10.6. The molecule has 2 bridgehead atoms. The van der Waals surface area contributed by atoms with Gasteiger partial charge in [-0.3, -0.25) is 14.4 Å². The van der Waals surface area contributed by atoms with E-state index in [2.05, 4.69) is 18.7 Å². The average Bonchev–Trinajstić information content (AvgIpc) is 3.47. The fourth-order valence-electron chi connectivity index (χ4n) is 10.3. The highest BCUT2D eigenvalue weighted by Crippen LogP contribution is 2.44. The normalized spacial score (nSPS) is 38.3. The first kappa shape index (κ1) is 47.7. The van der Waals surface area contributed by atoms with Gasteiger partial charge in [-0.1, -0.05) is 71.0 Å². The third-order valence-electron chi connectivity index (χ3n) is 13.4. The van der Waals surface area contributed by atoms with Gasteiger partial charge in [-0.25, -0.2) is 4.79 Å². The lowest BCUT2D eigenvalue weighted by Gasteiger charge is -2.49. The van der Waals surface area contributed by atoms with Crippen molar-refractivity contribution in [1.29, 1.82) is 0 Å². The standard InChI is InChI=1S/C47H72N2O11/c1-13-37-47(10)41(49(45(53)60-47)23-19-15-18-22-35-20-16-14-17-21-35)31(5)38(51)29(3)25-46(9)42(32(6)39(33(7)43(52)58-37)54-26-28(2)27-55-46)59-44-40(57-34(8)50)36(48(11)12)24-30(4)56-44/h14,16-17,20-21,29-33,36-37,39-42,44H,2,13,15,18-19,22-27H2,1,3-12H3/t29-,30-,31+,32+,33-,36+,37-,39-,40-,41-,42-,44+,46+,47-/m1/s1. The van der Waals surface area contributed by atoms with Gasteiger partial charge in [0.25, 0.3) is 0 Å². The SMILES string of the molecule is C=C1CO[C@@H]2[C@H](C)[C@@H](O[C@@H]3O[C@H](C)C[C@H](N(C)C)[C@H]3OC(C)=O)[C@](C)(C[C@@H](C)C(=O)[C@H](C)[C@H]3N(CCCCCc4ccccc4)C(=O)O[C@]3(C)[C@@H](CC)OC(=O)[C@@H]2C)OC1. The molecule has 14 atom stereocenters. The Morgan fingerprint density at radius 1 is 0.983 bits per heavy atom. The molecule has 0 spiro atoms. The van der Waals surface area contributed by atoms with Crippen LogP contribution >= 0.6 is 0 Å². The van der Waals surface area contributed by atoms with E-state index >= 15 is 0 Å². The van der Waals surface area contributed by atoms with Crippen molar-refractivity contribution < 1.29 is 52.3 Å². The minimum atomic E-state index is -1.32. The number of hydrogen-bond donors (Lipinski definition) is 0. The molecule has 4 aliphatic rings. The van der Waals surface area contributed by atoms with E-state index in [1.54, 1.807) is 18.7 Å². The number of unbranched alkanes of at least 4 members (excludes halogenated alkanes) is 2. The maximum atomic E-state index is 15.0. The maximum absolute atomic E-state index is 15.0. The lowest BCUT2D eigenvalue weighted by atomic mass is 9.73. The van der Waals surface area contributed by atoms with Crippen LogP contribution in [0.1, 0.15) is 106 Å². The second-order valence-corrected chi connectivity index (χ2v) is 18.6. The number of rotatable bonds is 11. The van der Waals surface area contributed by atoms with Crippen LogP contribution in [0, 0.1) is 23.7 Å². The van der Waals surface area contributed by atoms with Crippen molar-refractivity contribution in [3.05, 3.63) is 48.0 Å². The first-order valence-electron chi connectivity index (χ1n) is 22.2. The molecule has 4 heterocycles. The number of benzene rings is 1. The summed E-state index contributed by atoms with van der Waals surface area (Å²) in [5, 5.41) is 0. The number of carbonyl (C=O) groups excluding carboxylic acids is 4. The molecule has 1 amide bonds. The number of aryl methyl sites for hydroxylation is 1. The highest BCUT2D eigenvalue weighted by Gasteiger charge is 2.60. The van der Waals surface area contributed by atoms with Crippen molar-refractivity contribution in [3.63, 3.8) is 0 Å². The maximum Gasteiger partial charge on any atom is 0.410 e. The van der Waals surface area contributed by atoms with Gasteiger partial charge in [0.1, 0.15) is 11.9 Å². The smallest absolute Gasteiger partial charge is 0.410 e. The summed E-state index contributed by atoms with van der Waals surface area (Å²) < 4.78 is 45.5. The second-order valence-electron chi connectivity index (χ2n) is 18.6. The van der Waals surface area contributed by atoms with Gasteiger partial charge >= 0.3 is 18.0 Å². The van der Waals surface area contributed by atoms with Crippen LogP contribution in [0.2, 0.25) is 0 Å². The van der Waals surface area contributed by atoms with E-state index in [1.807, 2.05) is 78.7 Å². The van der Waals surface area contributed by atoms with E-state index in [0.29, 0.717) is 25.0 Å². The summed E-state index contributed by atoms with van der Waals surface area (Å²) in [4.78, 5) is 59.7. The van der Waals surface area contributed by atoms with Gasteiger partial charge in [0.15, 0.2) is 18.0 Å². The number of nitrogens with zero attached hydrogens (tertiary/aromatic N) is 2. The van der Waals surface area contributed by atoms with E-state index in [0.717, 1.165) is 25.7 Å². The van der Waals surface area contributed by atoms with Crippen LogP contribution in [0.15, 0.2) is 42.5 Å². The van der Waals surface area contributed by atoms with Gasteiger partial charge in [0, 0.05) is 31.2 Å². The lowest BCUT2D eigenvalue weighted by Crippen LogP contribution is -2.61. The Morgan fingerprint density at radius 2 is 1.68 bits per heavy atom. The predicted octanol–water partition coefficient (Wildman–Crippen LogP) is 6.93. The zero-order chi connectivity index (χ0) is 44.1. The Bertz CT molecular complexity index is 1660. The van der Waals surface area contributed by atoms with Crippen LogP contribution in [-0.2, 0) is 54.0 Å². The first-order valence-corrected chi connectivity index (χ1v) is 22.2. The van der Waals surface area contributed by atoms with Gasteiger partial charge in [0.05, 0.1) is 55.1 Å². The Kier molecular flexibility index (Phi) is 16.1. The number of cyclic esters (lactones) is 1. The lowest BCUT2D eigenvalue weighted by molar-refractivity contribution is -0.304. The molecule has 4 aliphatic heterocycles. The molecule has 0 N–H and O–H groups in total. The molecule has 5 rings (SSSR count). The summed E-state index contributed by atoms with van der Waals surface area (Å²) in [7, 11) is 3.86. The highest BCUT2D eigenvalue weighted by molar-refractivity contribution is 5.85. The topological polar surface area (TPSA) is 139 Å². The van der Waals surface area contributed by atoms with Crippen molar-refractivity contribution in [2.24, 2.45) is 23.7 Å². The minimum absolute atomic E-state index is 0.0825. The second kappa shape index (κ2) is 20.2. The number of fused-ring (bicyclic) bond motifs is 4. The molecule has 4 fully saturated rings. The van der Waals surface area contributed by atoms with Gasteiger partial charge < -0.3 is 43.0 Å². The fourth-order valence-corrected chi connectivity index (χ4v) is 10.3. The molecule has 60 heavy (non-hydrogen) atoms. The molecule has 336 valence electrons. The number of carbonyl (C=O) groups is 4. The monoisotopic (exact) mass is 841 g/mol. The number of Topliss-reactive ketones (excluding diaryl/α,β-unsaturated/α-hetero) is 1. The Balaban J connectivity index is 1.54. The molecule has 1 aromatic carbocycles. The van der Waals surface area contributed by atoms with E-state index in [-0.39, 0.29) is 37.6 Å². The molecule has 1 aromatic rings. The van der Waals surface area contributed by atoms with Crippen LogP contribution in [0.25, 0.3) is 0 Å². The molecule has 0 aromatic heterocycles. The minimum Gasteiger partial charge on any atom is -0.458 e. The molecule has 4 saturated heterocycles. The van der Waals surface area contributed by atoms with Crippen molar-refractivity contribution in [1.82, 2.24) is 9.80 Å². The molecule has 0 saturated carbocycles. The summed E-state index contributed by atoms with van der Waals surface area (Å²) in [6.07, 6.45) is -0.384. The van der Waals surface area contributed by atoms with Crippen molar-refractivity contribution >= 4 is 23.8 Å². The van der Waals surface area contributed by atoms with Gasteiger partial charge in [-0.15, -0.1) is 0 Å². The number of amides is 1. The fraction of sp³-hybridized carbons (Fsp3) is 0.745. The number of hydrogen-bond acceptors (Lipinski definition) is 12. The Morgan fingerprint density at radius 3 is 2.33 bits per heavy atom. The highest BCUT2D eigenvalue weighted by atomic mass is 16.7. The summed E-state index contributed by atoms with van der Waals surface area (Å²) in [5.74, 6) is -3.73. The number of likely N-dealkylation sites (N-methyl/N-ethyl adjacent to an activating group) is 1. The summed E-state index contributed by atoms with van der Waals surface area (Å²) in [6.45, 7) is 21.2. The molecular weight excluding hydrogens is 769 g/mol. The van der Waals surface area contributed by atoms with E-state index < -0.39 is 89.7 Å².